The Balaban J connectivity index is 2.41. The van der Waals surface area contributed by atoms with Gasteiger partial charge in [-0.05, 0) is 17.5 Å². The molecule has 2 unspecified atom stereocenters. The third kappa shape index (κ3) is 0.951. The number of aldehydes is 1. The molecule has 0 fully saturated rings. The van der Waals surface area contributed by atoms with Crippen molar-refractivity contribution in [2.75, 3.05) is 0 Å². The van der Waals surface area contributed by atoms with Crippen molar-refractivity contribution in [3.05, 3.63) is 35.4 Å². The Bertz CT molecular complexity index is 308. The smallest absolute Gasteiger partial charge is 0.135 e. The summed E-state index contributed by atoms with van der Waals surface area (Å²) in [6, 6.07) is 7.31. The van der Waals surface area contributed by atoms with E-state index in [0.29, 0.717) is 18.3 Å². The number of rotatable bonds is 1. The summed E-state index contributed by atoms with van der Waals surface area (Å²) in [6.45, 7) is 0. The van der Waals surface area contributed by atoms with Crippen molar-refractivity contribution in [1.29, 1.82) is 0 Å². The molecule has 0 N–H and O–H groups in total. The minimum absolute atomic E-state index is 0.456. The van der Waals surface area contributed by atoms with Crippen LogP contribution in [0.2, 0.25) is 0 Å². The molecule has 1 aromatic rings. The van der Waals surface area contributed by atoms with Gasteiger partial charge in [-0.2, -0.15) is 0 Å². The number of halogens is 1. The Morgan fingerprint density at radius 3 is 2.83 bits per heavy atom. The minimum Gasteiger partial charge on any atom is -0.303 e. The number of carbonyl (C=O) groups is 1. The summed E-state index contributed by atoms with van der Waals surface area (Å²) in [5.74, 6) is -0.456. The molecule has 0 spiro atoms. The lowest BCUT2D eigenvalue weighted by molar-refractivity contribution is -0.112. The van der Waals surface area contributed by atoms with Gasteiger partial charge in [0.05, 0.1) is 5.92 Å². The van der Waals surface area contributed by atoms with Crippen LogP contribution in [-0.2, 0) is 11.2 Å². The molecule has 1 aromatic carbocycles. The molecule has 2 atom stereocenters. The summed E-state index contributed by atoms with van der Waals surface area (Å²) in [5, 5.41) is 0. The first kappa shape index (κ1) is 7.47. The van der Waals surface area contributed by atoms with Crippen LogP contribution in [0.1, 0.15) is 17.3 Å². The second-order valence-electron chi connectivity index (χ2n) is 3.10. The fraction of sp³-hybridized carbons (Fsp3) is 0.300. The van der Waals surface area contributed by atoms with Gasteiger partial charge in [0, 0.05) is 0 Å². The van der Waals surface area contributed by atoms with Gasteiger partial charge >= 0.3 is 0 Å². The van der Waals surface area contributed by atoms with E-state index in [4.69, 9.17) is 0 Å². The monoisotopic (exact) mass is 164 g/mol. The molecule has 1 aliphatic carbocycles. The van der Waals surface area contributed by atoms with Crippen LogP contribution in [0.5, 0.6) is 0 Å². The molecule has 2 rings (SSSR count). The van der Waals surface area contributed by atoms with E-state index in [2.05, 4.69) is 0 Å². The van der Waals surface area contributed by atoms with Crippen molar-refractivity contribution in [3.8, 4) is 0 Å². The molecular weight excluding hydrogens is 155 g/mol. The molecule has 0 aliphatic heterocycles. The average Bonchev–Trinajstić information content (AvgIpc) is 2.44. The number of hydrogen-bond donors (Lipinski definition) is 0. The SMILES string of the molecule is O=CC1Cc2ccccc2C1F. The molecule has 12 heavy (non-hydrogen) atoms. The van der Waals surface area contributed by atoms with E-state index in [1.165, 1.54) is 0 Å². The number of hydrogen-bond acceptors (Lipinski definition) is 1. The van der Waals surface area contributed by atoms with Gasteiger partial charge in [0.1, 0.15) is 12.5 Å². The third-order valence-corrected chi connectivity index (χ3v) is 2.36. The Morgan fingerprint density at radius 2 is 2.17 bits per heavy atom. The van der Waals surface area contributed by atoms with Crippen LogP contribution in [0.25, 0.3) is 0 Å². The van der Waals surface area contributed by atoms with Gasteiger partial charge in [0.25, 0.3) is 0 Å². The summed E-state index contributed by atoms with van der Waals surface area (Å²) in [4.78, 5) is 10.4. The molecule has 0 amide bonds. The Morgan fingerprint density at radius 1 is 1.42 bits per heavy atom. The zero-order valence-corrected chi connectivity index (χ0v) is 6.53. The van der Waals surface area contributed by atoms with Gasteiger partial charge in [0.15, 0.2) is 0 Å². The number of carbonyl (C=O) groups excluding carboxylic acids is 1. The standard InChI is InChI=1S/C10H9FO/c11-10-8(6-12)5-7-3-1-2-4-9(7)10/h1-4,6,8,10H,5H2. The molecule has 62 valence electrons. The van der Waals surface area contributed by atoms with Gasteiger partial charge in [0.2, 0.25) is 0 Å². The predicted molar refractivity (Wildman–Crippen MR) is 43.5 cm³/mol. The lowest BCUT2D eigenvalue weighted by atomic mass is 10.1. The highest BCUT2D eigenvalue weighted by molar-refractivity contribution is 5.59. The van der Waals surface area contributed by atoms with Crippen molar-refractivity contribution in [1.82, 2.24) is 0 Å². The maximum Gasteiger partial charge on any atom is 0.135 e. The summed E-state index contributed by atoms with van der Waals surface area (Å²) >= 11 is 0. The van der Waals surface area contributed by atoms with Gasteiger partial charge in [-0.1, -0.05) is 24.3 Å². The fourth-order valence-electron chi connectivity index (χ4n) is 1.69. The van der Waals surface area contributed by atoms with Crippen molar-refractivity contribution in [2.24, 2.45) is 5.92 Å². The molecule has 0 heterocycles. The number of alkyl halides is 1. The highest BCUT2D eigenvalue weighted by Gasteiger charge is 2.31. The molecule has 1 aliphatic rings. The zero-order chi connectivity index (χ0) is 8.55. The first-order valence-corrected chi connectivity index (χ1v) is 4.00. The first-order chi connectivity index (χ1) is 5.83. The van der Waals surface area contributed by atoms with E-state index in [1.54, 1.807) is 12.1 Å². The van der Waals surface area contributed by atoms with Crippen LogP contribution in [0.15, 0.2) is 24.3 Å². The zero-order valence-electron chi connectivity index (χ0n) is 6.53. The summed E-state index contributed by atoms with van der Waals surface area (Å²) in [6.07, 6.45) is 0.185. The molecule has 0 saturated carbocycles. The summed E-state index contributed by atoms with van der Waals surface area (Å²) in [7, 11) is 0. The van der Waals surface area contributed by atoms with E-state index in [9.17, 15) is 9.18 Å². The van der Waals surface area contributed by atoms with Crippen LogP contribution < -0.4 is 0 Å². The van der Waals surface area contributed by atoms with Crippen LogP contribution in [0.3, 0.4) is 0 Å². The van der Waals surface area contributed by atoms with E-state index < -0.39 is 12.1 Å². The van der Waals surface area contributed by atoms with Gasteiger partial charge in [-0.25, -0.2) is 4.39 Å². The Kier molecular flexibility index (Phi) is 1.68. The summed E-state index contributed by atoms with van der Waals surface area (Å²) in [5.41, 5.74) is 1.66. The molecule has 0 bridgehead atoms. The molecule has 2 heteroatoms. The average molecular weight is 164 g/mol. The van der Waals surface area contributed by atoms with E-state index >= 15 is 0 Å². The second-order valence-corrected chi connectivity index (χ2v) is 3.10. The first-order valence-electron chi connectivity index (χ1n) is 4.00. The predicted octanol–water partition coefficient (Wildman–Crippen LogP) is 2.07. The van der Waals surface area contributed by atoms with Crippen LogP contribution in [-0.4, -0.2) is 6.29 Å². The van der Waals surface area contributed by atoms with Crippen molar-refractivity contribution >= 4 is 6.29 Å². The lowest BCUT2D eigenvalue weighted by Gasteiger charge is -2.03. The summed E-state index contributed by atoms with van der Waals surface area (Å²) < 4.78 is 13.3. The fourth-order valence-corrected chi connectivity index (χ4v) is 1.69. The van der Waals surface area contributed by atoms with Crippen LogP contribution in [0, 0.1) is 5.92 Å². The highest BCUT2D eigenvalue weighted by atomic mass is 19.1. The molecule has 0 radical (unpaired) electrons. The highest BCUT2D eigenvalue weighted by Crippen LogP contribution is 2.37. The van der Waals surface area contributed by atoms with Crippen LogP contribution in [0.4, 0.5) is 4.39 Å². The Hall–Kier alpha value is -1.18. The van der Waals surface area contributed by atoms with Gasteiger partial charge < -0.3 is 4.79 Å². The van der Waals surface area contributed by atoms with E-state index in [-0.39, 0.29) is 0 Å². The maximum atomic E-state index is 13.3. The second kappa shape index (κ2) is 2.70. The quantitative estimate of drug-likeness (QED) is 0.581. The number of fused-ring (bicyclic) bond motifs is 1. The topological polar surface area (TPSA) is 17.1 Å². The molecule has 0 aromatic heterocycles. The molecule has 0 saturated heterocycles. The van der Waals surface area contributed by atoms with Gasteiger partial charge in [-0.3, -0.25) is 0 Å². The van der Waals surface area contributed by atoms with E-state index in [0.717, 1.165) is 5.56 Å². The lowest BCUT2D eigenvalue weighted by Crippen LogP contribution is -2.03. The Labute approximate surface area is 70.2 Å². The minimum atomic E-state index is -1.08. The van der Waals surface area contributed by atoms with Crippen molar-refractivity contribution in [2.45, 2.75) is 12.6 Å². The molecule has 1 nitrogen and oxygen atoms in total. The van der Waals surface area contributed by atoms with Crippen molar-refractivity contribution < 1.29 is 9.18 Å². The normalized spacial score (nSPS) is 26.8. The van der Waals surface area contributed by atoms with Crippen LogP contribution >= 0.6 is 0 Å². The van der Waals surface area contributed by atoms with Crippen molar-refractivity contribution in [3.63, 3.8) is 0 Å². The third-order valence-electron chi connectivity index (χ3n) is 2.36. The molecular formula is C10H9FO. The largest absolute Gasteiger partial charge is 0.303 e. The van der Waals surface area contributed by atoms with Gasteiger partial charge in [-0.15, -0.1) is 0 Å². The maximum absolute atomic E-state index is 13.3. The number of benzene rings is 1. The van der Waals surface area contributed by atoms with E-state index in [1.807, 2.05) is 12.1 Å².